The Balaban J connectivity index is 2.32. The largest absolute Gasteiger partial charge is 0.380 e. The number of ether oxygens (including phenoxy) is 1. The van der Waals surface area contributed by atoms with Crippen LogP contribution in [0.3, 0.4) is 0 Å². The highest BCUT2D eigenvalue weighted by atomic mass is 16.5. The van der Waals surface area contributed by atoms with E-state index in [1.165, 1.54) is 5.69 Å². The highest BCUT2D eigenvalue weighted by molar-refractivity contribution is 5.00. The van der Waals surface area contributed by atoms with E-state index in [1.54, 1.807) is 0 Å². The average Bonchev–Trinajstić information content (AvgIpc) is 2.72. The van der Waals surface area contributed by atoms with Gasteiger partial charge < -0.3 is 10.1 Å². The molecule has 1 aromatic rings. The van der Waals surface area contributed by atoms with Gasteiger partial charge in [-0.3, -0.25) is 4.68 Å². The number of aryl methyl sites for hydroxylation is 1. The lowest BCUT2D eigenvalue weighted by molar-refractivity contribution is 0.126. The van der Waals surface area contributed by atoms with Crippen LogP contribution in [-0.4, -0.2) is 29.0 Å². The zero-order valence-electron chi connectivity index (χ0n) is 10.6. The Morgan fingerprint density at radius 1 is 1.50 bits per heavy atom. The second kappa shape index (κ2) is 7.41. The first kappa shape index (κ1) is 13.2. The van der Waals surface area contributed by atoms with Gasteiger partial charge in [-0.1, -0.05) is 6.92 Å². The first-order valence-corrected chi connectivity index (χ1v) is 6.09. The van der Waals surface area contributed by atoms with Crippen molar-refractivity contribution in [3.63, 3.8) is 0 Å². The van der Waals surface area contributed by atoms with Crippen LogP contribution in [0.25, 0.3) is 0 Å². The van der Waals surface area contributed by atoms with Crippen molar-refractivity contribution in [3.05, 3.63) is 18.0 Å². The summed E-state index contributed by atoms with van der Waals surface area (Å²) in [5, 5.41) is 7.72. The Morgan fingerprint density at radius 2 is 2.31 bits per heavy atom. The standard InChI is InChI=1S/C12H23N3O/c1-4-8-15-12(6-7-14-15)9-13-11(3)10-16-5-2/h6-7,11,13H,4-5,8-10H2,1-3H3. The van der Waals surface area contributed by atoms with Gasteiger partial charge in [0.15, 0.2) is 0 Å². The van der Waals surface area contributed by atoms with Crippen LogP contribution in [0.5, 0.6) is 0 Å². The van der Waals surface area contributed by atoms with Gasteiger partial charge in [-0.25, -0.2) is 0 Å². The molecular formula is C12H23N3O. The predicted octanol–water partition coefficient (Wildman–Crippen LogP) is 1.81. The van der Waals surface area contributed by atoms with Gasteiger partial charge in [0.25, 0.3) is 0 Å². The molecule has 0 amide bonds. The summed E-state index contributed by atoms with van der Waals surface area (Å²) in [7, 11) is 0. The van der Waals surface area contributed by atoms with Crippen molar-refractivity contribution in [1.29, 1.82) is 0 Å². The third-order valence-corrected chi connectivity index (χ3v) is 2.44. The molecule has 4 nitrogen and oxygen atoms in total. The van der Waals surface area contributed by atoms with Crippen LogP contribution < -0.4 is 5.32 Å². The Labute approximate surface area is 98.0 Å². The minimum absolute atomic E-state index is 0.380. The Hall–Kier alpha value is -0.870. The van der Waals surface area contributed by atoms with E-state index in [0.717, 1.165) is 32.7 Å². The lowest BCUT2D eigenvalue weighted by atomic mass is 10.3. The number of aromatic nitrogens is 2. The average molecular weight is 225 g/mol. The summed E-state index contributed by atoms with van der Waals surface area (Å²) in [6.07, 6.45) is 2.98. The molecule has 0 aromatic carbocycles. The van der Waals surface area contributed by atoms with Crippen molar-refractivity contribution < 1.29 is 4.74 Å². The summed E-state index contributed by atoms with van der Waals surface area (Å²) in [6.45, 7) is 9.70. The quantitative estimate of drug-likeness (QED) is 0.733. The van der Waals surface area contributed by atoms with E-state index in [2.05, 4.69) is 35.0 Å². The molecule has 1 heterocycles. The SMILES string of the molecule is CCCn1nccc1CNC(C)COCC. The first-order valence-electron chi connectivity index (χ1n) is 6.09. The van der Waals surface area contributed by atoms with Crippen molar-refractivity contribution in [2.75, 3.05) is 13.2 Å². The highest BCUT2D eigenvalue weighted by Gasteiger charge is 2.04. The summed E-state index contributed by atoms with van der Waals surface area (Å²) in [5.41, 5.74) is 1.24. The molecule has 0 aliphatic heterocycles. The maximum absolute atomic E-state index is 5.36. The van der Waals surface area contributed by atoms with Crippen LogP contribution in [0.2, 0.25) is 0 Å². The molecule has 0 radical (unpaired) electrons. The van der Waals surface area contributed by atoms with Gasteiger partial charge in [0, 0.05) is 31.9 Å². The summed E-state index contributed by atoms with van der Waals surface area (Å²) in [4.78, 5) is 0. The molecule has 1 aromatic heterocycles. The molecule has 0 saturated carbocycles. The van der Waals surface area contributed by atoms with E-state index in [1.807, 2.05) is 13.1 Å². The number of nitrogens with zero attached hydrogens (tertiary/aromatic N) is 2. The Kier molecular flexibility index (Phi) is 6.11. The summed E-state index contributed by atoms with van der Waals surface area (Å²) >= 11 is 0. The van der Waals surface area contributed by atoms with Crippen LogP contribution in [0, 0.1) is 0 Å². The molecular weight excluding hydrogens is 202 g/mol. The second-order valence-corrected chi connectivity index (χ2v) is 3.99. The van der Waals surface area contributed by atoms with Gasteiger partial charge >= 0.3 is 0 Å². The lowest BCUT2D eigenvalue weighted by Gasteiger charge is -2.14. The van der Waals surface area contributed by atoms with Crippen molar-refractivity contribution in [3.8, 4) is 0 Å². The van der Waals surface area contributed by atoms with Crippen LogP contribution in [0.4, 0.5) is 0 Å². The fourth-order valence-corrected chi connectivity index (χ4v) is 1.56. The third kappa shape index (κ3) is 4.33. The smallest absolute Gasteiger partial charge is 0.0616 e. The minimum Gasteiger partial charge on any atom is -0.380 e. The first-order chi connectivity index (χ1) is 7.77. The van der Waals surface area contributed by atoms with E-state index in [-0.39, 0.29) is 0 Å². The highest BCUT2D eigenvalue weighted by Crippen LogP contribution is 2.00. The monoisotopic (exact) mass is 225 g/mol. The normalized spacial score (nSPS) is 12.9. The molecule has 0 spiro atoms. The fraction of sp³-hybridized carbons (Fsp3) is 0.750. The lowest BCUT2D eigenvalue weighted by Crippen LogP contribution is -2.31. The molecule has 1 rings (SSSR count). The zero-order chi connectivity index (χ0) is 11.8. The van der Waals surface area contributed by atoms with Crippen molar-refractivity contribution in [2.45, 2.75) is 46.3 Å². The van der Waals surface area contributed by atoms with Gasteiger partial charge in [-0.05, 0) is 26.3 Å². The van der Waals surface area contributed by atoms with E-state index < -0.39 is 0 Å². The van der Waals surface area contributed by atoms with Crippen LogP contribution in [-0.2, 0) is 17.8 Å². The van der Waals surface area contributed by atoms with Gasteiger partial charge in [-0.15, -0.1) is 0 Å². The predicted molar refractivity (Wildman–Crippen MR) is 65.3 cm³/mol. The van der Waals surface area contributed by atoms with Gasteiger partial charge in [0.1, 0.15) is 0 Å². The number of hydrogen-bond donors (Lipinski definition) is 1. The molecule has 92 valence electrons. The molecule has 0 fully saturated rings. The van der Waals surface area contributed by atoms with Gasteiger partial charge in [-0.2, -0.15) is 5.10 Å². The minimum atomic E-state index is 0.380. The number of rotatable bonds is 8. The van der Waals surface area contributed by atoms with Crippen molar-refractivity contribution >= 4 is 0 Å². The molecule has 0 aliphatic rings. The van der Waals surface area contributed by atoms with Crippen LogP contribution in [0.1, 0.15) is 32.9 Å². The summed E-state index contributed by atoms with van der Waals surface area (Å²) < 4.78 is 7.41. The van der Waals surface area contributed by atoms with E-state index >= 15 is 0 Å². The molecule has 1 atom stereocenters. The third-order valence-electron chi connectivity index (χ3n) is 2.44. The second-order valence-electron chi connectivity index (χ2n) is 3.99. The molecule has 1 unspecified atom stereocenters. The number of hydrogen-bond acceptors (Lipinski definition) is 3. The van der Waals surface area contributed by atoms with E-state index in [4.69, 9.17) is 4.74 Å². The Bertz CT molecular complexity index is 286. The number of nitrogens with one attached hydrogen (secondary N) is 1. The van der Waals surface area contributed by atoms with Crippen molar-refractivity contribution in [2.24, 2.45) is 0 Å². The summed E-state index contributed by atoms with van der Waals surface area (Å²) in [5.74, 6) is 0. The molecule has 16 heavy (non-hydrogen) atoms. The fourth-order valence-electron chi connectivity index (χ4n) is 1.56. The maximum Gasteiger partial charge on any atom is 0.0616 e. The molecule has 4 heteroatoms. The zero-order valence-corrected chi connectivity index (χ0v) is 10.6. The van der Waals surface area contributed by atoms with Crippen LogP contribution in [0.15, 0.2) is 12.3 Å². The molecule has 0 bridgehead atoms. The maximum atomic E-state index is 5.36. The molecule has 0 saturated heterocycles. The van der Waals surface area contributed by atoms with E-state index in [9.17, 15) is 0 Å². The molecule has 1 N–H and O–H groups in total. The summed E-state index contributed by atoms with van der Waals surface area (Å²) in [6, 6.07) is 2.45. The molecule has 0 aliphatic carbocycles. The van der Waals surface area contributed by atoms with Gasteiger partial charge in [0.05, 0.1) is 12.3 Å². The van der Waals surface area contributed by atoms with E-state index in [0.29, 0.717) is 6.04 Å². The van der Waals surface area contributed by atoms with Crippen molar-refractivity contribution in [1.82, 2.24) is 15.1 Å². The Morgan fingerprint density at radius 3 is 3.00 bits per heavy atom. The van der Waals surface area contributed by atoms with Crippen LogP contribution >= 0.6 is 0 Å². The van der Waals surface area contributed by atoms with Gasteiger partial charge in [0.2, 0.25) is 0 Å². The topological polar surface area (TPSA) is 39.1 Å².